The third-order valence-electron chi connectivity index (χ3n) is 4.72. The molecule has 0 aliphatic carbocycles. The maximum absolute atomic E-state index is 13.4. The van der Waals surface area contributed by atoms with Crippen LogP contribution in [0.15, 0.2) is 48.0 Å². The van der Waals surface area contributed by atoms with E-state index in [1.807, 2.05) is 45.0 Å². The van der Waals surface area contributed by atoms with Crippen molar-refractivity contribution in [2.45, 2.75) is 27.2 Å². The minimum absolute atomic E-state index is 0.0540. The summed E-state index contributed by atoms with van der Waals surface area (Å²) in [4.78, 5) is 29.6. The summed E-state index contributed by atoms with van der Waals surface area (Å²) in [6.07, 6.45) is 2.32. The Morgan fingerprint density at radius 1 is 1.00 bits per heavy atom. The number of amides is 2. The molecule has 1 fully saturated rings. The average molecular weight is 564 g/mol. The van der Waals surface area contributed by atoms with Crippen molar-refractivity contribution in [2.75, 3.05) is 24.7 Å². The third kappa shape index (κ3) is 4.96. The molecule has 0 saturated carbocycles. The number of carbonyl (C=O) groups is 2. The molecule has 0 aromatic heterocycles. The van der Waals surface area contributed by atoms with Gasteiger partial charge in [-0.15, -0.1) is 0 Å². The Hall–Kier alpha value is -2.46. The van der Waals surface area contributed by atoms with Gasteiger partial charge in [-0.1, -0.05) is 25.1 Å². The molecule has 0 spiro atoms. The van der Waals surface area contributed by atoms with Crippen LogP contribution in [-0.2, 0) is 9.59 Å². The van der Waals surface area contributed by atoms with Gasteiger partial charge in [0, 0.05) is 6.54 Å². The van der Waals surface area contributed by atoms with Crippen LogP contribution < -0.4 is 14.4 Å². The standard InChI is InChI=1S/C24H25IN2O4S/c1-4-12-26-22(28)18(23(29)27(24(26)32)17-10-8-7-9-11-17)13-16-14-19(25)21(31-6-3)20(15-16)30-5-2/h7-11,13-15H,4-6,12H2,1-3H3/b18-13+. The highest BCUT2D eigenvalue weighted by Gasteiger charge is 2.39. The highest BCUT2D eigenvalue weighted by molar-refractivity contribution is 14.1. The molecular weight excluding hydrogens is 539 g/mol. The van der Waals surface area contributed by atoms with Crippen LogP contribution in [0.2, 0.25) is 0 Å². The van der Waals surface area contributed by atoms with E-state index in [1.165, 1.54) is 9.80 Å². The van der Waals surface area contributed by atoms with Gasteiger partial charge >= 0.3 is 0 Å². The first kappa shape index (κ1) is 24.2. The van der Waals surface area contributed by atoms with E-state index in [0.717, 1.165) is 3.57 Å². The molecule has 2 aromatic rings. The Labute approximate surface area is 207 Å². The van der Waals surface area contributed by atoms with Gasteiger partial charge in [0.15, 0.2) is 16.6 Å². The molecule has 3 rings (SSSR count). The molecule has 1 aliphatic heterocycles. The van der Waals surface area contributed by atoms with Gasteiger partial charge in [0.2, 0.25) is 0 Å². The molecule has 8 heteroatoms. The summed E-state index contributed by atoms with van der Waals surface area (Å²) in [5.74, 6) is 0.388. The van der Waals surface area contributed by atoms with Crippen LogP contribution in [0.5, 0.6) is 11.5 Å². The van der Waals surface area contributed by atoms with Gasteiger partial charge in [-0.05, 0) is 91.0 Å². The summed E-state index contributed by atoms with van der Waals surface area (Å²) < 4.78 is 12.3. The molecule has 1 saturated heterocycles. The number of hydrogen-bond acceptors (Lipinski definition) is 5. The summed E-state index contributed by atoms with van der Waals surface area (Å²) in [5.41, 5.74) is 1.35. The van der Waals surface area contributed by atoms with Gasteiger partial charge in [-0.2, -0.15) is 0 Å². The fourth-order valence-electron chi connectivity index (χ4n) is 3.39. The zero-order chi connectivity index (χ0) is 23.3. The first-order valence-corrected chi connectivity index (χ1v) is 12.0. The van der Waals surface area contributed by atoms with Gasteiger partial charge in [0.25, 0.3) is 11.8 Å². The van der Waals surface area contributed by atoms with E-state index in [-0.39, 0.29) is 10.7 Å². The second kappa shape index (κ2) is 10.9. The van der Waals surface area contributed by atoms with Crippen LogP contribution in [0.3, 0.4) is 0 Å². The SMILES string of the molecule is CCCN1C(=O)/C(=C\c2cc(I)c(OCC)c(OCC)c2)C(=O)N(c2ccccc2)C1=S. The maximum atomic E-state index is 13.4. The van der Waals surface area contributed by atoms with Crippen molar-refractivity contribution >= 4 is 63.5 Å². The number of thiocarbonyl (C=S) groups is 1. The van der Waals surface area contributed by atoms with E-state index < -0.39 is 11.8 Å². The van der Waals surface area contributed by atoms with E-state index in [9.17, 15) is 9.59 Å². The van der Waals surface area contributed by atoms with Crippen molar-refractivity contribution in [1.82, 2.24) is 4.90 Å². The van der Waals surface area contributed by atoms with Crippen LogP contribution in [0.25, 0.3) is 6.08 Å². The predicted octanol–water partition coefficient (Wildman–Crippen LogP) is 5.04. The van der Waals surface area contributed by atoms with Gasteiger partial charge in [-0.25, -0.2) is 0 Å². The Kier molecular flexibility index (Phi) is 8.25. The summed E-state index contributed by atoms with van der Waals surface area (Å²) in [6.45, 7) is 7.16. The largest absolute Gasteiger partial charge is 0.490 e. The zero-order valence-electron chi connectivity index (χ0n) is 18.3. The number of benzene rings is 2. The van der Waals surface area contributed by atoms with Crippen LogP contribution >= 0.6 is 34.8 Å². The minimum atomic E-state index is -0.444. The van der Waals surface area contributed by atoms with Crippen molar-refractivity contribution in [1.29, 1.82) is 0 Å². The van der Waals surface area contributed by atoms with Crippen LogP contribution in [0.4, 0.5) is 5.69 Å². The molecule has 0 radical (unpaired) electrons. The van der Waals surface area contributed by atoms with Crippen molar-refractivity contribution in [3.63, 3.8) is 0 Å². The smallest absolute Gasteiger partial charge is 0.270 e. The molecule has 0 unspecified atom stereocenters. The van der Waals surface area contributed by atoms with E-state index in [2.05, 4.69) is 22.6 Å². The van der Waals surface area contributed by atoms with Gasteiger partial charge in [0.1, 0.15) is 5.57 Å². The van der Waals surface area contributed by atoms with Crippen molar-refractivity contribution in [2.24, 2.45) is 0 Å². The quantitative estimate of drug-likeness (QED) is 0.195. The van der Waals surface area contributed by atoms with Gasteiger partial charge < -0.3 is 9.47 Å². The molecule has 0 N–H and O–H groups in total. The van der Waals surface area contributed by atoms with Crippen molar-refractivity contribution in [3.8, 4) is 11.5 Å². The molecule has 2 amide bonds. The minimum Gasteiger partial charge on any atom is -0.490 e. The number of hydrogen-bond donors (Lipinski definition) is 0. The number of ether oxygens (including phenoxy) is 2. The van der Waals surface area contributed by atoms with Crippen LogP contribution in [-0.4, -0.2) is 41.6 Å². The second-order valence-electron chi connectivity index (χ2n) is 6.97. The molecule has 0 bridgehead atoms. The van der Waals surface area contributed by atoms with E-state index in [1.54, 1.807) is 24.3 Å². The molecule has 6 nitrogen and oxygen atoms in total. The number of anilines is 1. The summed E-state index contributed by atoms with van der Waals surface area (Å²) in [7, 11) is 0. The molecule has 2 aromatic carbocycles. The zero-order valence-corrected chi connectivity index (χ0v) is 21.2. The normalized spacial score (nSPS) is 15.5. The molecule has 1 heterocycles. The number of carbonyl (C=O) groups excluding carboxylic acids is 2. The average Bonchev–Trinajstić information content (AvgIpc) is 2.77. The fraction of sp³-hybridized carbons (Fsp3) is 0.292. The first-order chi connectivity index (χ1) is 15.4. The van der Waals surface area contributed by atoms with Gasteiger partial charge in [0.05, 0.1) is 22.5 Å². The van der Waals surface area contributed by atoms with Crippen molar-refractivity contribution in [3.05, 3.63) is 57.2 Å². The first-order valence-electron chi connectivity index (χ1n) is 10.5. The van der Waals surface area contributed by atoms with Crippen LogP contribution in [0.1, 0.15) is 32.8 Å². The molecular formula is C24H25IN2O4S. The third-order valence-corrected chi connectivity index (χ3v) is 5.93. The number of rotatable bonds is 8. The predicted molar refractivity (Wildman–Crippen MR) is 138 cm³/mol. The highest BCUT2D eigenvalue weighted by Crippen LogP contribution is 2.35. The molecule has 0 atom stereocenters. The van der Waals surface area contributed by atoms with E-state index in [4.69, 9.17) is 21.7 Å². The lowest BCUT2D eigenvalue weighted by molar-refractivity contribution is -0.127. The lowest BCUT2D eigenvalue weighted by Gasteiger charge is -2.36. The lowest BCUT2D eigenvalue weighted by Crippen LogP contribution is -2.56. The second-order valence-corrected chi connectivity index (χ2v) is 8.50. The Bertz CT molecular complexity index is 1060. The highest BCUT2D eigenvalue weighted by atomic mass is 127. The fourth-order valence-corrected chi connectivity index (χ4v) is 4.53. The summed E-state index contributed by atoms with van der Waals surface area (Å²) >= 11 is 7.70. The topological polar surface area (TPSA) is 59.1 Å². The monoisotopic (exact) mass is 564 g/mol. The maximum Gasteiger partial charge on any atom is 0.270 e. The lowest BCUT2D eigenvalue weighted by atomic mass is 10.0. The Morgan fingerprint density at radius 3 is 2.31 bits per heavy atom. The summed E-state index contributed by atoms with van der Waals surface area (Å²) in [6, 6.07) is 12.8. The number of halogens is 1. The molecule has 32 heavy (non-hydrogen) atoms. The van der Waals surface area contributed by atoms with E-state index in [0.29, 0.717) is 48.9 Å². The molecule has 1 aliphatic rings. The van der Waals surface area contributed by atoms with Crippen molar-refractivity contribution < 1.29 is 19.1 Å². The van der Waals surface area contributed by atoms with Crippen LogP contribution in [0, 0.1) is 3.57 Å². The summed E-state index contributed by atoms with van der Waals surface area (Å²) in [5, 5.41) is 0.196. The number of para-hydroxylation sites is 1. The Morgan fingerprint density at radius 2 is 1.69 bits per heavy atom. The van der Waals surface area contributed by atoms with E-state index >= 15 is 0 Å². The van der Waals surface area contributed by atoms with Gasteiger partial charge in [-0.3, -0.25) is 19.4 Å². The Balaban J connectivity index is 2.11. The molecule has 168 valence electrons. The number of nitrogens with zero attached hydrogens (tertiary/aromatic N) is 2.